The molecule has 1 unspecified atom stereocenters. The van der Waals surface area contributed by atoms with Crippen molar-refractivity contribution in [1.82, 2.24) is 15.5 Å². The number of oxime groups is 1. The largest absolute Gasteiger partial charge is 0.370 e. The van der Waals surface area contributed by atoms with E-state index in [-0.39, 0.29) is 5.82 Å². The summed E-state index contributed by atoms with van der Waals surface area (Å²) in [6, 6.07) is 7.23. The van der Waals surface area contributed by atoms with E-state index >= 15 is 0 Å². The van der Waals surface area contributed by atoms with Gasteiger partial charge in [-0.1, -0.05) is 34.0 Å². The fraction of sp³-hybridized carbons (Fsp3) is 0.231. The van der Waals surface area contributed by atoms with Crippen LogP contribution in [0.4, 0.5) is 0 Å². The lowest BCUT2D eigenvalue weighted by Crippen LogP contribution is -2.35. The highest BCUT2D eigenvalue weighted by Gasteiger charge is 2.25. The SMILES string of the molecule is Cc1nc(C(=O)NC2CC(c3ccc(Cl)cc3)=NO2)no1. The second kappa shape index (κ2) is 5.53. The van der Waals surface area contributed by atoms with Crippen LogP contribution in [0.1, 0.15) is 28.5 Å². The normalized spacial score (nSPS) is 17.2. The summed E-state index contributed by atoms with van der Waals surface area (Å²) in [6.45, 7) is 1.61. The van der Waals surface area contributed by atoms with Gasteiger partial charge >= 0.3 is 0 Å². The number of aryl methyl sites for hydroxylation is 1. The van der Waals surface area contributed by atoms with Crippen molar-refractivity contribution in [2.45, 2.75) is 19.6 Å². The van der Waals surface area contributed by atoms with Crippen LogP contribution in [-0.2, 0) is 4.84 Å². The lowest BCUT2D eigenvalue weighted by atomic mass is 10.1. The first kappa shape index (κ1) is 13.6. The molecule has 1 aliphatic heterocycles. The molecule has 2 aromatic rings. The molecule has 0 saturated carbocycles. The van der Waals surface area contributed by atoms with Gasteiger partial charge in [0, 0.05) is 11.9 Å². The van der Waals surface area contributed by atoms with Crippen molar-refractivity contribution in [3.8, 4) is 0 Å². The summed E-state index contributed by atoms with van der Waals surface area (Å²) >= 11 is 5.83. The fourth-order valence-corrected chi connectivity index (χ4v) is 2.00. The molecule has 8 heteroatoms. The van der Waals surface area contributed by atoms with Crippen LogP contribution in [0.2, 0.25) is 5.02 Å². The van der Waals surface area contributed by atoms with Crippen LogP contribution < -0.4 is 5.32 Å². The summed E-state index contributed by atoms with van der Waals surface area (Å²) in [5.74, 6) is -0.175. The lowest BCUT2D eigenvalue weighted by molar-refractivity contribution is 0.0495. The van der Waals surface area contributed by atoms with Gasteiger partial charge in [-0.2, -0.15) is 4.98 Å². The summed E-state index contributed by atoms with van der Waals surface area (Å²) in [4.78, 5) is 20.9. The third-order valence-corrected chi connectivity index (χ3v) is 3.12. The number of halogens is 1. The van der Waals surface area contributed by atoms with Crippen LogP contribution in [0.3, 0.4) is 0 Å². The Kier molecular flexibility index (Phi) is 3.57. The molecule has 1 N–H and O–H groups in total. The van der Waals surface area contributed by atoms with Gasteiger partial charge in [0.2, 0.25) is 12.1 Å². The van der Waals surface area contributed by atoms with Gasteiger partial charge in [-0.3, -0.25) is 4.79 Å². The number of hydrogen-bond donors (Lipinski definition) is 1. The van der Waals surface area contributed by atoms with Gasteiger partial charge in [0.25, 0.3) is 11.7 Å². The number of carbonyl (C=O) groups is 1. The number of hydrogen-bond acceptors (Lipinski definition) is 6. The Hall–Kier alpha value is -2.41. The second-order valence-corrected chi connectivity index (χ2v) is 4.89. The molecule has 0 spiro atoms. The van der Waals surface area contributed by atoms with Gasteiger partial charge < -0.3 is 14.7 Å². The van der Waals surface area contributed by atoms with Crippen LogP contribution >= 0.6 is 11.6 Å². The van der Waals surface area contributed by atoms with Gasteiger partial charge in [0.15, 0.2) is 0 Å². The molecular formula is C13H11ClN4O3. The minimum absolute atomic E-state index is 0.0314. The number of nitrogens with zero attached hydrogens (tertiary/aromatic N) is 3. The van der Waals surface area contributed by atoms with Gasteiger partial charge in [0.05, 0.1) is 12.1 Å². The Balaban J connectivity index is 1.61. The van der Waals surface area contributed by atoms with Gasteiger partial charge in [-0.25, -0.2) is 0 Å². The average Bonchev–Trinajstić information content (AvgIpc) is 3.09. The highest BCUT2D eigenvalue weighted by molar-refractivity contribution is 6.30. The van der Waals surface area contributed by atoms with Crippen molar-refractivity contribution in [3.63, 3.8) is 0 Å². The lowest BCUT2D eigenvalue weighted by Gasteiger charge is -2.08. The van der Waals surface area contributed by atoms with Gasteiger partial charge in [-0.05, 0) is 17.7 Å². The summed E-state index contributed by atoms with van der Waals surface area (Å²) < 4.78 is 4.75. The molecule has 3 rings (SSSR count). The van der Waals surface area contributed by atoms with E-state index < -0.39 is 12.1 Å². The molecule has 1 amide bonds. The summed E-state index contributed by atoms with van der Waals surface area (Å²) in [5, 5.41) is 10.8. The molecule has 0 fully saturated rings. The number of carbonyl (C=O) groups excluding carboxylic acids is 1. The Bertz CT molecular complexity index is 696. The Morgan fingerprint density at radius 1 is 1.38 bits per heavy atom. The summed E-state index contributed by atoms with van der Waals surface area (Å²) in [6.07, 6.45) is -0.105. The van der Waals surface area contributed by atoms with Crippen LogP contribution in [0.15, 0.2) is 33.9 Å². The fourth-order valence-electron chi connectivity index (χ4n) is 1.87. The first-order valence-electron chi connectivity index (χ1n) is 6.21. The van der Waals surface area contributed by atoms with E-state index in [1.54, 1.807) is 19.1 Å². The van der Waals surface area contributed by atoms with Crippen molar-refractivity contribution in [3.05, 3.63) is 46.6 Å². The van der Waals surface area contributed by atoms with E-state index in [1.165, 1.54) is 0 Å². The predicted molar refractivity (Wildman–Crippen MR) is 74.0 cm³/mol. The van der Waals surface area contributed by atoms with Crippen LogP contribution in [0.25, 0.3) is 0 Å². The maximum atomic E-state index is 11.9. The Labute approximate surface area is 124 Å². The molecule has 7 nitrogen and oxygen atoms in total. The van der Waals surface area contributed by atoms with Crippen molar-refractivity contribution in [1.29, 1.82) is 0 Å². The standard InChI is InChI=1S/C13H11ClN4O3/c1-7-15-12(18-20-7)13(19)16-11-6-10(17-21-11)8-2-4-9(14)5-3-8/h2-5,11H,6H2,1H3,(H,16,19). The van der Waals surface area contributed by atoms with E-state index in [9.17, 15) is 4.79 Å². The second-order valence-electron chi connectivity index (χ2n) is 4.45. The number of rotatable bonds is 3. The summed E-state index contributed by atoms with van der Waals surface area (Å²) in [7, 11) is 0. The topological polar surface area (TPSA) is 89.6 Å². The zero-order valence-corrected chi connectivity index (χ0v) is 11.8. The van der Waals surface area contributed by atoms with Crippen LogP contribution in [0.5, 0.6) is 0 Å². The van der Waals surface area contributed by atoms with Crippen molar-refractivity contribution in [2.75, 3.05) is 0 Å². The molecule has 0 saturated heterocycles. The van der Waals surface area contributed by atoms with E-state index in [4.69, 9.17) is 21.0 Å². The molecule has 0 radical (unpaired) electrons. The highest BCUT2D eigenvalue weighted by atomic mass is 35.5. The quantitative estimate of drug-likeness (QED) is 0.935. The molecule has 1 atom stereocenters. The van der Waals surface area contributed by atoms with E-state index in [2.05, 4.69) is 20.6 Å². The molecule has 0 aliphatic carbocycles. The van der Waals surface area contributed by atoms with E-state index in [0.717, 1.165) is 11.3 Å². The average molecular weight is 307 g/mol. The molecule has 21 heavy (non-hydrogen) atoms. The molecular weight excluding hydrogens is 296 g/mol. The van der Waals surface area contributed by atoms with Crippen molar-refractivity contribution >= 4 is 23.2 Å². The number of amides is 1. The van der Waals surface area contributed by atoms with Gasteiger partial charge in [-0.15, -0.1) is 0 Å². The van der Waals surface area contributed by atoms with Gasteiger partial charge in [0.1, 0.15) is 0 Å². The minimum atomic E-state index is -0.554. The first-order valence-corrected chi connectivity index (χ1v) is 6.59. The molecule has 1 aromatic carbocycles. The van der Waals surface area contributed by atoms with Crippen molar-refractivity contribution < 1.29 is 14.2 Å². The number of aromatic nitrogens is 2. The van der Waals surface area contributed by atoms with E-state index in [0.29, 0.717) is 17.3 Å². The molecule has 1 aliphatic rings. The highest BCUT2D eigenvalue weighted by Crippen LogP contribution is 2.17. The smallest absolute Gasteiger partial charge is 0.295 e. The third-order valence-electron chi connectivity index (χ3n) is 2.87. The first-order chi connectivity index (χ1) is 10.1. The zero-order valence-electron chi connectivity index (χ0n) is 11.0. The van der Waals surface area contributed by atoms with Crippen LogP contribution in [0, 0.1) is 6.92 Å². The third kappa shape index (κ3) is 3.03. The molecule has 2 heterocycles. The maximum Gasteiger partial charge on any atom is 0.295 e. The molecule has 108 valence electrons. The monoisotopic (exact) mass is 306 g/mol. The summed E-state index contributed by atoms with van der Waals surface area (Å²) in [5.41, 5.74) is 1.63. The number of nitrogens with one attached hydrogen (secondary N) is 1. The molecule has 0 bridgehead atoms. The van der Waals surface area contributed by atoms with E-state index in [1.807, 2.05) is 12.1 Å². The van der Waals surface area contributed by atoms with Crippen molar-refractivity contribution in [2.24, 2.45) is 5.16 Å². The van der Waals surface area contributed by atoms with Crippen LogP contribution in [-0.4, -0.2) is 28.0 Å². The Morgan fingerprint density at radius 3 is 2.81 bits per heavy atom. The minimum Gasteiger partial charge on any atom is -0.370 e. The Morgan fingerprint density at radius 2 is 2.14 bits per heavy atom. The maximum absolute atomic E-state index is 11.9. The zero-order chi connectivity index (χ0) is 14.8. The predicted octanol–water partition coefficient (Wildman–Crippen LogP) is 1.91. The molecule has 1 aromatic heterocycles. The number of benzene rings is 1.